The zero-order chi connectivity index (χ0) is 20.0. The Morgan fingerprint density at radius 3 is 2.62 bits per heavy atom. The highest BCUT2D eigenvalue weighted by Gasteiger charge is 2.29. The highest BCUT2D eigenvalue weighted by Crippen LogP contribution is 2.38. The van der Waals surface area contributed by atoms with Crippen LogP contribution in [0.25, 0.3) is 10.9 Å². The summed E-state index contributed by atoms with van der Waals surface area (Å²) in [6, 6.07) is 14.2. The Morgan fingerprint density at radius 1 is 1.10 bits per heavy atom. The lowest BCUT2D eigenvalue weighted by Crippen LogP contribution is -2.40. The van der Waals surface area contributed by atoms with Crippen LogP contribution in [-0.4, -0.2) is 60.6 Å². The van der Waals surface area contributed by atoms with Crippen LogP contribution in [0.5, 0.6) is 0 Å². The van der Waals surface area contributed by atoms with E-state index in [4.69, 9.17) is 16.3 Å². The van der Waals surface area contributed by atoms with Crippen LogP contribution in [-0.2, 0) is 11.2 Å². The molecular weight excluding hydrogens is 386 g/mol. The highest BCUT2D eigenvalue weighted by atomic mass is 35.5. The second-order valence-electron chi connectivity index (χ2n) is 7.87. The predicted molar refractivity (Wildman–Crippen MR) is 115 cm³/mol. The van der Waals surface area contributed by atoms with Crippen molar-refractivity contribution in [3.8, 4) is 0 Å². The Balaban J connectivity index is 1.48. The zero-order valence-corrected chi connectivity index (χ0v) is 17.2. The smallest absolute Gasteiger partial charge is 0.254 e. The van der Waals surface area contributed by atoms with Gasteiger partial charge in [0.05, 0.1) is 19.3 Å². The second kappa shape index (κ2) is 7.48. The molecule has 0 bridgehead atoms. The van der Waals surface area contributed by atoms with E-state index >= 15 is 0 Å². The van der Waals surface area contributed by atoms with Crippen LogP contribution < -0.4 is 0 Å². The molecule has 0 radical (unpaired) electrons. The lowest BCUT2D eigenvalue weighted by molar-refractivity contribution is 0.0303. The van der Waals surface area contributed by atoms with E-state index in [1.54, 1.807) is 0 Å². The first-order valence-electron chi connectivity index (χ1n) is 10.1. The van der Waals surface area contributed by atoms with Crippen LogP contribution in [0, 0.1) is 0 Å². The fourth-order valence-electron chi connectivity index (χ4n) is 4.56. The van der Waals surface area contributed by atoms with Gasteiger partial charge in [0.15, 0.2) is 0 Å². The minimum Gasteiger partial charge on any atom is -0.378 e. The van der Waals surface area contributed by atoms with Crippen molar-refractivity contribution in [2.75, 3.05) is 39.9 Å². The summed E-state index contributed by atoms with van der Waals surface area (Å²) in [5, 5.41) is 1.98. The molecule has 6 heteroatoms. The van der Waals surface area contributed by atoms with Crippen molar-refractivity contribution in [3.63, 3.8) is 0 Å². The molecule has 2 aromatic carbocycles. The fourth-order valence-corrected chi connectivity index (χ4v) is 4.73. The lowest BCUT2D eigenvalue weighted by atomic mass is 9.92. The summed E-state index contributed by atoms with van der Waals surface area (Å²) in [6.07, 6.45) is 0.996. The van der Waals surface area contributed by atoms with Crippen LogP contribution in [0.3, 0.4) is 0 Å². The SMILES string of the molecule is CN1CCc2c([nH]c3ccc(Cl)cc23)C1c1ccc(C(=O)N2CCOCC2)cc1. The van der Waals surface area contributed by atoms with E-state index in [-0.39, 0.29) is 11.9 Å². The molecule has 0 spiro atoms. The van der Waals surface area contributed by atoms with E-state index in [2.05, 4.69) is 41.2 Å². The maximum atomic E-state index is 12.7. The van der Waals surface area contributed by atoms with Gasteiger partial charge >= 0.3 is 0 Å². The van der Waals surface area contributed by atoms with Crippen molar-refractivity contribution >= 4 is 28.4 Å². The number of carbonyl (C=O) groups excluding carboxylic acids is 1. The van der Waals surface area contributed by atoms with Gasteiger partial charge in [0.2, 0.25) is 0 Å². The standard InChI is InChI=1S/C23H24ClN3O2/c1-26-9-8-18-19-14-17(24)6-7-20(19)25-21(18)22(26)15-2-4-16(5-3-15)23(28)27-10-12-29-13-11-27/h2-7,14,22,25H,8-13H2,1H3. The number of aromatic amines is 1. The number of aromatic nitrogens is 1. The van der Waals surface area contributed by atoms with Gasteiger partial charge in [0, 0.05) is 46.8 Å². The first-order chi connectivity index (χ1) is 14.1. The molecule has 1 amide bonds. The van der Waals surface area contributed by atoms with Crippen LogP contribution in [0.15, 0.2) is 42.5 Å². The minimum absolute atomic E-state index is 0.0813. The molecule has 5 nitrogen and oxygen atoms in total. The molecule has 1 N–H and O–H groups in total. The molecule has 150 valence electrons. The normalized spacial score (nSPS) is 20.1. The third-order valence-corrected chi connectivity index (χ3v) is 6.34. The molecular formula is C23H24ClN3O2. The van der Waals surface area contributed by atoms with Gasteiger partial charge in [0.1, 0.15) is 0 Å². The van der Waals surface area contributed by atoms with E-state index < -0.39 is 0 Å². The van der Waals surface area contributed by atoms with Crippen LogP contribution in [0.1, 0.15) is 33.2 Å². The van der Waals surface area contributed by atoms with Gasteiger partial charge < -0.3 is 14.6 Å². The van der Waals surface area contributed by atoms with E-state index in [1.807, 2.05) is 23.1 Å². The van der Waals surface area contributed by atoms with E-state index in [1.165, 1.54) is 22.2 Å². The highest BCUT2D eigenvalue weighted by molar-refractivity contribution is 6.31. The number of amides is 1. The van der Waals surface area contributed by atoms with Crippen LogP contribution >= 0.6 is 11.6 Å². The lowest BCUT2D eigenvalue weighted by Gasteiger charge is -2.33. The number of hydrogen-bond acceptors (Lipinski definition) is 3. The van der Waals surface area contributed by atoms with Crippen LogP contribution in [0.4, 0.5) is 0 Å². The third kappa shape index (κ3) is 3.33. The molecule has 29 heavy (non-hydrogen) atoms. The zero-order valence-electron chi connectivity index (χ0n) is 16.5. The topological polar surface area (TPSA) is 48.6 Å². The molecule has 1 atom stereocenters. The van der Waals surface area contributed by atoms with Crippen molar-refractivity contribution in [3.05, 3.63) is 69.9 Å². The first-order valence-corrected chi connectivity index (χ1v) is 10.5. The number of benzene rings is 2. The summed E-state index contributed by atoms with van der Waals surface area (Å²) in [5.41, 5.74) is 5.61. The molecule has 1 fully saturated rings. The number of carbonyl (C=O) groups is 1. The van der Waals surface area contributed by atoms with Gasteiger partial charge in [-0.05, 0) is 54.9 Å². The summed E-state index contributed by atoms with van der Waals surface area (Å²) in [5.74, 6) is 0.0813. The summed E-state index contributed by atoms with van der Waals surface area (Å²) < 4.78 is 5.35. The number of nitrogens with zero attached hydrogens (tertiary/aromatic N) is 2. The molecule has 5 rings (SSSR count). The van der Waals surface area contributed by atoms with Crippen molar-refractivity contribution in [2.45, 2.75) is 12.5 Å². The molecule has 3 heterocycles. The number of nitrogens with one attached hydrogen (secondary N) is 1. The van der Waals surface area contributed by atoms with E-state index in [0.717, 1.165) is 29.1 Å². The molecule has 3 aromatic rings. The number of halogens is 1. The molecule has 1 aromatic heterocycles. The Morgan fingerprint density at radius 2 is 1.86 bits per heavy atom. The van der Waals surface area contributed by atoms with E-state index in [0.29, 0.717) is 26.3 Å². The van der Waals surface area contributed by atoms with Gasteiger partial charge in [0.25, 0.3) is 5.91 Å². The second-order valence-corrected chi connectivity index (χ2v) is 8.30. The van der Waals surface area contributed by atoms with Gasteiger partial charge in [-0.3, -0.25) is 9.69 Å². The number of H-pyrrole nitrogens is 1. The quantitative estimate of drug-likeness (QED) is 0.699. The number of ether oxygens (including phenoxy) is 1. The Hall–Kier alpha value is -2.34. The third-order valence-electron chi connectivity index (χ3n) is 6.10. The number of likely N-dealkylation sites (N-methyl/N-ethyl adjacent to an activating group) is 1. The van der Waals surface area contributed by atoms with Crippen LogP contribution in [0.2, 0.25) is 5.02 Å². The monoisotopic (exact) mass is 409 g/mol. The van der Waals surface area contributed by atoms with E-state index in [9.17, 15) is 4.79 Å². The summed E-state index contributed by atoms with van der Waals surface area (Å²) >= 11 is 6.24. The van der Waals surface area contributed by atoms with Crippen molar-refractivity contribution in [1.82, 2.24) is 14.8 Å². The van der Waals surface area contributed by atoms with Gasteiger partial charge in [-0.1, -0.05) is 23.7 Å². The van der Waals surface area contributed by atoms with Crippen molar-refractivity contribution in [1.29, 1.82) is 0 Å². The van der Waals surface area contributed by atoms with Gasteiger partial charge in [-0.2, -0.15) is 0 Å². The molecule has 1 unspecified atom stereocenters. The van der Waals surface area contributed by atoms with Crippen molar-refractivity contribution < 1.29 is 9.53 Å². The number of rotatable bonds is 2. The molecule has 0 saturated carbocycles. The number of hydrogen-bond donors (Lipinski definition) is 1. The average molecular weight is 410 g/mol. The largest absolute Gasteiger partial charge is 0.378 e. The van der Waals surface area contributed by atoms with Crippen molar-refractivity contribution in [2.24, 2.45) is 0 Å². The predicted octanol–water partition coefficient (Wildman–Crippen LogP) is 3.87. The Bertz CT molecular complexity index is 1050. The first kappa shape index (κ1) is 18.7. The number of morpholine rings is 1. The molecule has 0 aliphatic carbocycles. The Labute approximate surface area is 175 Å². The summed E-state index contributed by atoms with van der Waals surface area (Å²) in [7, 11) is 2.15. The average Bonchev–Trinajstić information content (AvgIpc) is 3.11. The summed E-state index contributed by atoms with van der Waals surface area (Å²) in [6.45, 7) is 3.53. The van der Waals surface area contributed by atoms with Gasteiger partial charge in [-0.15, -0.1) is 0 Å². The minimum atomic E-state index is 0.0813. The maximum Gasteiger partial charge on any atom is 0.254 e. The fraction of sp³-hybridized carbons (Fsp3) is 0.348. The molecule has 1 saturated heterocycles. The van der Waals surface area contributed by atoms with Gasteiger partial charge in [-0.25, -0.2) is 0 Å². The summed E-state index contributed by atoms with van der Waals surface area (Å²) in [4.78, 5) is 20.6. The maximum absolute atomic E-state index is 12.7. The number of fused-ring (bicyclic) bond motifs is 3. The molecule has 2 aliphatic heterocycles. The Kier molecular flexibility index (Phi) is 4.82. The molecule has 2 aliphatic rings.